The molecule has 9 heteroatoms. The fraction of sp³-hybridized carbons (Fsp3) is 0.565. The Morgan fingerprint density at radius 2 is 1.97 bits per heavy atom. The number of hydrogen-bond donors (Lipinski definition) is 3. The van der Waals surface area contributed by atoms with Gasteiger partial charge in [-0.2, -0.15) is 24.9 Å². The van der Waals surface area contributed by atoms with Crippen LogP contribution in [-0.4, -0.2) is 52.9 Å². The predicted octanol–water partition coefficient (Wildman–Crippen LogP) is 4.66. The van der Waals surface area contributed by atoms with Crippen molar-refractivity contribution in [3.05, 3.63) is 35.0 Å². The van der Waals surface area contributed by atoms with Gasteiger partial charge in [0.05, 0.1) is 11.6 Å². The number of pyridine rings is 1. The minimum Gasteiger partial charge on any atom is -0.393 e. The molecule has 0 radical (unpaired) electrons. The molecular weight excluding hydrogens is 439 g/mol. The van der Waals surface area contributed by atoms with Crippen LogP contribution in [-0.2, 0) is 5.41 Å². The molecule has 32 heavy (non-hydrogen) atoms. The highest BCUT2D eigenvalue weighted by molar-refractivity contribution is 7.99. The number of hydrogen-bond acceptors (Lipinski definition) is 5. The number of aliphatic hydroxyl groups is 1. The number of benzene rings is 1. The van der Waals surface area contributed by atoms with Crippen molar-refractivity contribution in [2.75, 3.05) is 29.9 Å². The van der Waals surface area contributed by atoms with Gasteiger partial charge in [0, 0.05) is 29.3 Å². The molecule has 1 aromatic heterocycles. The van der Waals surface area contributed by atoms with Gasteiger partial charge >= 0.3 is 6.18 Å². The van der Waals surface area contributed by atoms with E-state index in [1.807, 2.05) is 27.7 Å². The molecule has 3 N–H and O–H groups in total. The minimum absolute atomic E-state index is 0.00616. The number of fused-ring (bicyclic) bond motifs is 1. The highest BCUT2D eigenvalue weighted by atomic mass is 32.2. The van der Waals surface area contributed by atoms with E-state index in [1.165, 1.54) is 0 Å². The summed E-state index contributed by atoms with van der Waals surface area (Å²) in [5.41, 5.74) is 2.35. The summed E-state index contributed by atoms with van der Waals surface area (Å²) in [6, 6.07) is 4.98. The molecular formula is C23H30F3N3O2S. The van der Waals surface area contributed by atoms with Crippen LogP contribution < -0.4 is 10.6 Å². The zero-order valence-corrected chi connectivity index (χ0v) is 19.6. The quantitative estimate of drug-likeness (QED) is 0.594. The number of halogens is 3. The van der Waals surface area contributed by atoms with E-state index < -0.39 is 24.2 Å². The van der Waals surface area contributed by atoms with Crippen LogP contribution in [0, 0.1) is 12.8 Å². The van der Waals surface area contributed by atoms with Crippen LogP contribution in [0.3, 0.4) is 0 Å². The van der Waals surface area contributed by atoms with E-state index in [0.29, 0.717) is 23.1 Å². The fourth-order valence-electron chi connectivity index (χ4n) is 3.78. The van der Waals surface area contributed by atoms with Gasteiger partial charge in [-0.25, -0.2) is 4.98 Å². The molecule has 0 unspecified atom stereocenters. The molecule has 0 spiro atoms. The molecule has 0 aliphatic carbocycles. The lowest BCUT2D eigenvalue weighted by Gasteiger charge is -2.27. The Balaban J connectivity index is 1.92. The SMILES string of the molecule is Cc1cc(C(=O)NC[C@@H]2CSCC[C@H]2O)nc2c(C(C)(C)C)cc(NCC(F)(F)F)cc12. The number of alkyl halides is 3. The van der Waals surface area contributed by atoms with E-state index in [1.54, 1.807) is 30.0 Å². The number of thioether (sulfide) groups is 1. The molecule has 0 saturated carbocycles. The molecule has 5 nitrogen and oxygen atoms in total. The number of carbonyl (C=O) groups excluding carboxylic acids is 1. The molecule has 1 aromatic carbocycles. The second kappa shape index (κ2) is 9.47. The second-order valence-electron chi connectivity index (χ2n) is 9.36. The highest BCUT2D eigenvalue weighted by Gasteiger charge is 2.28. The van der Waals surface area contributed by atoms with Gasteiger partial charge in [0.2, 0.25) is 0 Å². The maximum Gasteiger partial charge on any atom is 0.405 e. The van der Waals surface area contributed by atoms with Gasteiger partial charge < -0.3 is 15.7 Å². The Kier molecular flexibility index (Phi) is 7.29. The molecule has 1 aliphatic rings. The Hall–Kier alpha value is -2.00. The molecule has 2 heterocycles. The summed E-state index contributed by atoms with van der Waals surface area (Å²) in [5.74, 6) is 1.41. The number of aliphatic hydroxyl groups excluding tert-OH is 1. The van der Waals surface area contributed by atoms with Crippen molar-refractivity contribution < 1.29 is 23.1 Å². The van der Waals surface area contributed by atoms with Crippen LogP contribution in [0.2, 0.25) is 0 Å². The largest absolute Gasteiger partial charge is 0.405 e. The molecule has 0 bridgehead atoms. The van der Waals surface area contributed by atoms with Gasteiger partial charge in [-0.15, -0.1) is 0 Å². The molecule has 176 valence electrons. The van der Waals surface area contributed by atoms with E-state index in [2.05, 4.69) is 15.6 Å². The van der Waals surface area contributed by atoms with Crippen molar-refractivity contribution in [3.8, 4) is 0 Å². The van der Waals surface area contributed by atoms with Gasteiger partial charge in [0.15, 0.2) is 0 Å². The summed E-state index contributed by atoms with van der Waals surface area (Å²) < 4.78 is 38.1. The molecule has 3 rings (SSSR count). The first-order chi connectivity index (χ1) is 14.8. The Morgan fingerprint density at radius 3 is 2.59 bits per heavy atom. The number of nitrogens with zero attached hydrogens (tertiary/aromatic N) is 1. The minimum atomic E-state index is -4.32. The summed E-state index contributed by atoms with van der Waals surface area (Å²) in [5, 5.41) is 16.2. The van der Waals surface area contributed by atoms with Crippen molar-refractivity contribution in [3.63, 3.8) is 0 Å². The Labute approximate surface area is 190 Å². The number of carbonyl (C=O) groups is 1. The lowest BCUT2D eigenvalue weighted by atomic mass is 9.84. The molecule has 1 saturated heterocycles. The number of aryl methyl sites for hydroxylation is 1. The van der Waals surface area contributed by atoms with E-state index in [9.17, 15) is 23.1 Å². The third-order valence-electron chi connectivity index (χ3n) is 5.61. The Morgan fingerprint density at radius 1 is 1.25 bits per heavy atom. The van der Waals surface area contributed by atoms with Crippen molar-refractivity contribution >= 4 is 34.3 Å². The van der Waals surface area contributed by atoms with Crippen molar-refractivity contribution in [1.82, 2.24) is 10.3 Å². The smallest absolute Gasteiger partial charge is 0.393 e. The summed E-state index contributed by atoms with van der Waals surface area (Å²) in [7, 11) is 0. The van der Waals surface area contributed by atoms with E-state index in [0.717, 1.165) is 29.1 Å². The van der Waals surface area contributed by atoms with Crippen molar-refractivity contribution in [2.24, 2.45) is 5.92 Å². The number of anilines is 1. The van der Waals surface area contributed by atoms with Crippen molar-refractivity contribution in [2.45, 2.75) is 51.8 Å². The van der Waals surface area contributed by atoms with E-state index in [-0.39, 0.29) is 17.5 Å². The summed E-state index contributed by atoms with van der Waals surface area (Å²) >= 11 is 1.77. The zero-order valence-electron chi connectivity index (χ0n) is 18.8. The third kappa shape index (κ3) is 6.07. The lowest BCUT2D eigenvalue weighted by Crippen LogP contribution is -2.38. The maximum atomic E-state index is 12.8. The summed E-state index contributed by atoms with van der Waals surface area (Å²) in [4.78, 5) is 17.4. The number of amides is 1. The molecule has 1 amide bonds. The normalized spacial score (nSPS) is 19.8. The first-order valence-electron chi connectivity index (χ1n) is 10.7. The maximum absolute atomic E-state index is 12.8. The van der Waals surface area contributed by atoms with Crippen molar-refractivity contribution in [1.29, 1.82) is 0 Å². The molecule has 2 atom stereocenters. The first kappa shape index (κ1) is 24.6. The van der Waals surface area contributed by atoms with Crippen LogP contribution >= 0.6 is 11.8 Å². The van der Waals surface area contributed by atoms with Gasteiger partial charge in [0.1, 0.15) is 12.2 Å². The third-order valence-corrected chi connectivity index (χ3v) is 6.80. The number of aromatic nitrogens is 1. The van der Waals surface area contributed by atoms with Crippen LogP contribution in [0.25, 0.3) is 10.9 Å². The second-order valence-corrected chi connectivity index (χ2v) is 10.5. The summed E-state index contributed by atoms with van der Waals surface area (Å²) in [6.45, 7) is 6.95. The standard InChI is InChI=1S/C23H30F3N3O2S/c1-13-7-18(21(31)27-10-14-11-32-6-5-19(14)30)29-20-16(13)8-15(28-12-23(24,25)26)9-17(20)22(2,3)4/h7-9,14,19,28,30H,5-6,10-12H2,1-4H3,(H,27,31)/t14-,19-/m1/s1. The van der Waals surface area contributed by atoms with Crippen LogP contribution in [0.5, 0.6) is 0 Å². The first-order valence-corrected chi connectivity index (χ1v) is 11.8. The predicted molar refractivity (Wildman–Crippen MR) is 123 cm³/mol. The molecule has 1 aliphatic heterocycles. The number of rotatable bonds is 5. The van der Waals surface area contributed by atoms with Gasteiger partial charge in [0.25, 0.3) is 5.91 Å². The van der Waals surface area contributed by atoms with Gasteiger partial charge in [-0.1, -0.05) is 20.8 Å². The fourth-order valence-corrected chi connectivity index (χ4v) is 5.00. The van der Waals surface area contributed by atoms with Crippen LogP contribution in [0.1, 0.15) is 48.8 Å². The Bertz CT molecular complexity index is 989. The monoisotopic (exact) mass is 469 g/mol. The van der Waals surface area contributed by atoms with E-state index >= 15 is 0 Å². The molecule has 1 fully saturated rings. The van der Waals surface area contributed by atoms with Gasteiger partial charge in [-0.3, -0.25) is 4.79 Å². The average molecular weight is 470 g/mol. The highest BCUT2D eigenvalue weighted by Crippen LogP contribution is 2.34. The zero-order chi connectivity index (χ0) is 23.7. The van der Waals surface area contributed by atoms with Crippen LogP contribution in [0.15, 0.2) is 18.2 Å². The summed E-state index contributed by atoms with van der Waals surface area (Å²) in [6.07, 6.45) is -4.02. The average Bonchev–Trinajstić information content (AvgIpc) is 2.69. The lowest BCUT2D eigenvalue weighted by molar-refractivity contribution is -0.115. The molecule has 2 aromatic rings. The van der Waals surface area contributed by atoms with Crippen LogP contribution in [0.4, 0.5) is 18.9 Å². The van der Waals surface area contributed by atoms with Gasteiger partial charge in [-0.05, 0) is 53.8 Å². The topological polar surface area (TPSA) is 74.2 Å². The number of nitrogens with one attached hydrogen (secondary N) is 2. The van der Waals surface area contributed by atoms with E-state index in [4.69, 9.17) is 0 Å².